The molecule has 3 aromatic rings. The molecule has 7 heteroatoms. The summed E-state index contributed by atoms with van der Waals surface area (Å²) in [5, 5.41) is 0.787. The van der Waals surface area contributed by atoms with E-state index in [0.717, 1.165) is 39.5 Å². The van der Waals surface area contributed by atoms with Crippen molar-refractivity contribution in [3.63, 3.8) is 0 Å². The minimum Gasteiger partial charge on any atom is -0.310 e. The predicted octanol–water partition coefficient (Wildman–Crippen LogP) is 2.77. The van der Waals surface area contributed by atoms with Crippen LogP contribution in [-0.2, 0) is 18.6 Å². The summed E-state index contributed by atoms with van der Waals surface area (Å²) in [7, 11) is 0. The molecule has 0 spiro atoms. The summed E-state index contributed by atoms with van der Waals surface area (Å²) in [4.78, 5) is 31.1. The summed E-state index contributed by atoms with van der Waals surface area (Å²) >= 11 is 3.57. The van der Waals surface area contributed by atoms with Crippen LogP contribution in [0.4, 0.5) is 0 Å². The van der Waals surface area contributed by atoms with E-state index in [0.29, 0.717) is 18.1 Å². The summed E-state index contributed by atoms with van der Waals surface area (Å²) in [5.41, 5.74) is 3.03. The lowest BCUT2D eigenvalue weighted by atomic mass is 10.1. The van der Waals surface area contributed by atoms with Gasteiger partial charge in [-0.2, -0.15) is 11.8 Å². The number of aromatic amines is 1. The molecule has 0 fully saturated rings. The van der Waals surface area contributed by atoms with Crippen molar-refractivity contribution in [3.8, 4) is 0 Å². The Balaban J connectivity index is 1.78. The largest absolute Gasteiger partial charge is 0.310 e. The summed E-state index contributed by atoms with van der Waals surface area (Å²) < 4.78 is 0. The molecule has 1 aliphatic rings. The van der Waals surface area contributed by atoms with Crippen LogP contribution in [0.2, 0.25) is 0 Å². The Bertz CT molecular complexity index is 940. The zero-order valence-electron chi connectivity index (χ0n) is 13.0. The van der Waals surface area contributed by atoms with Gasteiger partial charge in [0, 0.05) is 22.0 Å². The third-order valence-corrected chi connectivity index (χ3v) is 6.17. The number of fused-ring (bicyclic) bond motifs is 3. The minimum atomic E-state index is -0.0289. The van der Waals surface area contributed by atoms with Gasteiger partial charge in [0.2, 0.25) is 0 Å². The summed E-state index contributed by atoms with van der Waals surface area (Å²) in [5.74, 6) is 3.41. The van der Waals surface area contributed by atoms with Crippen molar-refractivity contribution in [3.05, 3.63) is 49.9 Å². The Labute approximate surface area is 141 Å². The number of aromatic nitrogens is 4. The van der Waals surface area contributed by atoms with Gasteiger partial charge < -0.3 is 4.98 Å². The molecule has 0 saturated carbocycles. The van der Waals surface area contributed by atoms with Crippen LogP contribution in [0.15, 0.2) is 10.9 Å². The van der Waals surface area contributed by atoms with E-state index >= 15 is 0 Å². The highest BCUT2D eigenvalue weighted by molar-refractivity contribution is 7.98. The minimum absolute atomic E-state index is 0.0289. The SMILES string of the molecule is Cc1cc(C)nc(Cc2nc3sc4c(c3c(=O)[nH]2)CCSC4)n1. The number of nitrogens with zero attached hydrogens (tertiary/aromatic N) is 3. The van der Waals surface area contributed by atoms with Crippen molar-refractivity contribution in [1.82, 2.24) is 19.9 Å². The molecule has 0 atom stereocenters. The van der Waals surface area contributed by atoms with E-state index in [-0.39, 0.29) is 5.56 Å². The van der Waals surface area contributed by atoms with E-state index in [9.17, 15) is 4.79 Å². The molecule has 0 aromatic carbocycles. The van der Waals surface area contributed by atoms with Crippen molar-refractivity contribution < 1.29 is 0 Å². The monoisotopic (exact) mass is 344 g/mol. The van der Waals surface area contributed by atoms with Crippen LogP contribution in [0.25, 0.3) is 10.2 Å². The molecule has 118 valence electrons. The molecule has 0 saturated heterocycles. The van der Waals surface area contributed by atoms with Gasteiger partial charge in [-0.15, -0.1) is 11.3 Å². The predicted molar refractivity (Wildman–Crippen MR) is 94.4 cm³/mol. The van der Waals surface area contributed by atoms with E-state index < -0.39 is 0 Å². The van der Waals surface area contributed by atoms with Gasteiger partial charge in [-0.3, -0.25) is 4.79 Å². The molecule has 0 amide bonds. The second-order valence-electron chi connectivity index (χ2n) is 5.74. The first-order chi connectivity index (χ1) is 11.1. The van der Waals surface area contributed by atoms with Crippen molar-refractivity contribution in [1.29, 1.82) is 0 Å². The molecule has 0 aliphatic carbocycles. The lowest BCUT2D eigenvalue weighted by Gasteiger charge is -2.09. The number of hydrogen-bond acceptors (Lipinski definition) is 6. The fourth-order valence-electron chi connectivity index (χ4n) is 2.99. The standard InChI is InChI=1S/C16H16N4OS2/c1-8-5-9(2)18-12(17-8)6-13-19-15(21)14-10-3-4-22-7-11(10)23-16(14)20-13/h5H,3-4,6-7H2,1-2H3,(H,19,20,21). The second kappa shape index (κ2) is 5.72. The first kappa shape index (κ1) is 14.8. The number of rotatable bonds is 2. The lowest BCUT2D eigenvalue weighted by Crippen LogP contribution is -2.14. The zero-order chi connectivity index (χ0) is 16.0. The highest BCUT2D eigenvalue weighted by Gasteiger charge is 2.20. The quantitative estimate of drug-likeness (QED) is 0.774. The topological polar surface area (TPSA) is 71.5 Å². The Hall–Kier alpha value is -1.73. The maximum atomic E-state index is 12.5. The molecule has 4 rings (SSSR count). The molecule has 1 aliphatic heterocycles. The van der Waals surface area contributed by atoms with Gasteiger partial charge >= 0.3 is 0 Å². The number of nitrogens with one attached hydrogen (secondary N) is 1. The van der Waals surface area contributed by atoms with E-state index in [4.69, 9.17) is 0 Å². The van der Waals surface area contributed by atoms with E-state index in [2.05, 4.69) is 19.9 Å². The molecule has 0 radical (unpaired) electrons. The number of aryl methyl sites for hydroxylation is 3. The smallest absolute Gasteiger partial charge is 0.259 e. The van der Waals surface area contributed by atoms with Gasteiger partial charge in [-0.25, -0.2) is 15.0 Å². The van der Waals surface area contributed by atoms with Gasteiger partial charge in [-0.1, -0.05) is 0 Å². The maximum Gasteiger partial charge on any atom is 0.259 e. The average Bonchev–Trinajstić information content (AvgIpc) is 2.84. The average molecular weight is 344 g/mol. The van der Waals surface area contributed by atoms with Crippen LogP contribution in [-0.4, -0.2) is 25.7 Å². The third-order valence-electron chi connectivity index (χ3n) is 3.88. The normalized spacial score (nSPS) is 14.2. The van der Waals surface area contributed by atoms with Crippen molar-refractivity contribution in [2.24, 2.45) is 0 Å². The summed E-state index contributed by atoms with van der Waals surface area (Å²) in [6.07, 6.45) is 1.41. The molecule has 1 N–H and O–H groups in total. The van der Waals surface area contributed by atoms with Crippen molar-refractivity contribution >= 4 is 33.3 Å². The fraction of sp³-hybridized carbons (Fsp3) is 0.375. The molecular formula is C16H16N4OS2. The lowest BCUT2D eigenvalue weighted by molar-refractivity contribution is 0.866. The number of hydrogen-bond donors (Lipinski definition) is 1. The van der Waals surface area contributed by atoms with Crippen LogP contribution in [0, 0.1) is 13.8 Å². The van der Waals surface area contributed by atoms with E-state index in [1.54, 1.807) is 11.3 Å². The van der Waals surface area contributed by atoms with Gasteiger partial charge in [0.1, 0.15) is 16.5 Å². The maximum absolute atomic E-state index is 12.5. The van der Waals surface area contributed by atoms with Gasteiger partial charge in [0.25, 0.3) is 5.56 Å². The zero-order valence-corrected chi connectivity index (χ0v) is 14.6. The molecule has 4 heterocycles. The molecule has 5 nitrogen and oxygen atoms in total. The van der Waals surface area contributed by atoms with Crippen LogP contribution in [0.3, 0.4) is 0 Å². The van der Waals surface area contributed by atoms with Gasteiger partial charge in [0.05, 0.1) is 11.8 Å². The Morgan fingerprint density at radius 1 is 1.22 bits per heavy atom. The number of thiophene rings is 1. The van der Waals surface area contributed by atoms with E-state index in [1.807, 2.05) is 31.7 Å². The molecule has 23 heavy (non-hydrogen) atoms. The van der Waals surface area contributed by atoms with Crippen molar-refractivity contribution in [2.45, 2.75) is 32.4 Å². The Morgan fingerprint density at radius 2 is 2.00 bits per heavy atom. The van der Waals surface area contributed by atoms with Crippen LogP contribution in [0.5, 0.6) is 0 Å². The van der Waals surface area contributed by atoms with Crippen molar-refractivity contribution in [2.75, 3.05) is 5.75 Å². The third kappa shape index (κ3) is 2.79. The Kier molecular flexibility index (Phi) is 3.69. The second-order valence-corrected chi connectivity index (χ2v) is 7.93. The highest BCUT2D eigenvalue weighted by atomic mass is 32.2. The van der Waals surface area contributed by atoms with Crippen LogP contribution in [0.1, 0.15) is 33.5 Å². The molecular weight excluding hydrogens is 328 g/mol. The van der Waals surface area contributed by atoms with Gasteiger partial charge in [0.15, 0.2) is 0 Å². The molecule has 0 unspecified atom stereocenters. The first-order valence-electron chi connectivity index (χ1n) is 7.52. The number of H-pyrrole nitrogens is 1. The number of thioether (sulfide) groups is 1. The Morgan fingerprint density at radius 3 is 2.78 bits per heavy atom. The van der Waals surface area contributed by atoms with E-state index in [1.165, 1.54) is 10.4 Å². The van der Waals surface area contributed by atoms with Gasteiger partial charge in [-0.05, 0) is 37.7 Å². The first-order valence-corrected chi connectivity index (χ1v) is 9.49. The molecule has 3 aromatic heterocycles. The highest BCUT2D eigenvalue weighted by Crippen LogP contribution is 2.35. The molecule has 0 bridgehead atoms. The fourth-order valence-corrected chi connectivity index (χ4v) is 5.36. The summed E-state index contributed by atoms with van der Waals surface area (Å²) in [6.45, 7) is 3.89. The van der Waals surface area contributed by atoms with Crippen LogP contribution >= 0.6 is 23.1 Å². The van der Waals surface area contributed by atoms with Crippen LogP contribution < -0.4 is 5.56 Å². The summed E-state index contributed by atoms with van der Waals surface area (Å²) in [6, 6.07) is 1.94.